The molecule has 0 aliphatic heterocycles. The molecule has 3 heterocycles. The highest BCUT2D eigenvalue weighted by atomic mass is 16.5. The van der Waals surface area contributed by atoms with Crippen molar-refractivity contribution in [2.24, 2.45) is 0 Å². The topological polar surface area (TPSA) is 111 Å². The Bertz CT molecular complexity index is 842. The molecule has 0 fully saturated rings. The molecule has 0 unspecified atom stereocenters. The van der Waals surface area contributed by atoms with Crippen molar-refractivity contribution in [2.45, 2.75) is 32.7 Å². The summed E-state index contributed by atoms with van der Waals surface area (Å²) in [7, 11) is 0. The Balaban J connectivity index is 1.48. The Morgan fingerprint density at radius 1 is 1.31 bits per heavy atom. The molecule has 0 spiro atoms. The number of rotatable bonds is 7. The highest BCUT2D eigenvalue weighted by Crippen LogP contribution is 2.10. The van der Waals surface area contributed by atoms with Crippen molar-refractivity contribution >= 4 is 11.8 Å². The number of pyridine rings is 1. The number of hydrogen-bond donors (Lipinski definition) is 2. The van der Waals surface area contributed by atoms with E-state index in [-0.39, 0.29) is 11.9 Å². The molecule has 0 aromatic carbocycles. The maximum atomic E-state index is 12.1. The van der Waals surface area contributed by atoms with Gasteiger partial charge >= 0.3 is 6.03 Å². The number of carbonyl (C=O) groups is 1. The Kier molecular flexibility index (Phi) is 5.57. The Labute approximate surface area is 150 Å². The fraction of sp³-hybridized carbons (Fsp3) is 0.353. The van der Waals surface area contributed by atoms with Gasteiger partial charge in [0, 0.05) is 37.3 Å². The Hall–Kier alpha value is -3.23. The predicted octanol–water partition coefficient (Wildman–Crippen LogP) is 2.20. The summed E-state index contributed by atoms with van der Waals surface area (Å²) in [5, 5.41) is 13.7. The molecule has 0 saturated heterocycles. The number of nitrogens with zero attached hydrogens (tertiary/aromatic N) is 5. The van der Waals surface area contributed by atoms with Gasteiger partial charge in [0.15, 0.2) is 5.82 Å². The Morgan fingerprint density at radius 2 is 2.19 bits per heavy atom. The summed E-state index contributed by atoms with van der Waals surface area (Å²) >= 11 is 0. The van der Waals surface area contributed by atoms with E-state index < -0.39 is 0 Å². The van der Waals surface area contributed by atoms with Crippen LogP contribution in [0.2, 0.25) is 0 Å². The van der Waals surface area contributed by atoms with Crippen LogP contribution in [0.1, 0.15) is 37.0 Å². The smallest absolute Gasteiger partial charge is 0.320 e. The molecule has 0 atom stereocenters. The molecule has 2 N–H and O–H groups in total. The maximum Gasteiger partial charge on any atom is 0.320 e. The lowest BCUT2D eigenvalue weighted by molar-refractivity contribution is 0.251. The second-order valence-corrected chi connectivity index (χ2v) is 6.07. The zero-order valence-electron chi connectivity index (χ0n) is 14.7. The molecule has 3 rings (SSSR count). The van der Waals surface area contributed by atoms with Crippen LogP contribution in [0.4, 0.5) is 10.6 Å². The molecule has 136 valence electrons. The number of urea groups is 1. The van der Waals surface area contributed by atoms with Gasteiger partial charge in [0.1, 0.15) is 5.82 Å². The van der Waals surface area contributed by atoms with E-state index in [0.717, 1.165) is 5.56 Å². The fourth-order valence-electron chi connectivity index (χ4n) is 2.28. The van der Waals surface area contributed by atoms with Gasteiger partial charge in [0.2, 0.25) is 5.89 Å². The number of aromatic nitrogens is 5. The molecule has 0 aliphatic rings. The summed E-state index contributed by atoms with van der Waals surface area (Å²) in [6.45, 7) is 4.91. The molecule has 9 heteroatoms. The first kappa shape index (κ1) is 17.6. The van der Waals surface area contributed by atoms with Crippen LogP contribution in [0.5, 0.6) is 0 Å². The van der Waals surface area contributed by atoms with E-state index >= 15 is 0 Å². The SMILES string of the molecule is CC(C)c1noc(CCNC(=O)Nc2ccnn2Cc2cccnc2)n1. The largest absolute Gasteiger partial charge is 0.339 e. The average Bonchev–Trinajstić information content (AvgIpc) is 3.26. The number of amides is 2. The Morgan fingerprint density at radius 3 is 2.92 bits per heavy atom. The minimum Gasteiger partial charge on any atom is -0.339 e. The maximum absolute atomic E-state index is 12.1. The number of anilines is 1. The van der Waals surface area contributed by atoms with E-state index in [1.54, 1.807) is 29.3 Å². The van der Waals surface area contributed by atoms with Crippen LogP contribution >= 0.6 is 0 Å². The zero-order valence-corrected chi connectivity index (χ0v) is 14.7. The van der Waals surface area contributed by atoms with Crippen LogP contribution in [0.3, 0.4) is 0 Å². The predicted molar refractivity (Wildman–Crippen MR) is 94.7 cm³/mol. The molecule has 0 saturated carbocycles. The van der Waals surface area contributed by atoms with Crippen LogP contribution in [-0.2, 0) is 13.0 Å². The lowest BCUT2D eigenvalue weighted by Gasteiger charge is -2.09. The van der Waals surface area contributed by atoms with E-state index in [9.17, 15) is 4.79 Å². The lowest BCUT2D eigenvalue weighted by atomic mass is 10.2. The first-order chi connectivity index (χ1) is 12.6. The second kappa shape index (κ2) is 8.24. The van der Waals surface area contributed by atoms with Crippen molar-refractivity contribution in [3.8, 4) is 0 Å². The van der Waals surface area contributed by atoms with Crippen molar-refractivity contribution < 1.29 is 9.32 Å². The molecule has 3 aromatic heterocycles. The van der Waals surface area contributed by atoms with E-state index in [0.29, 0.717) is 37.0 Å². The van der Waals surface area contributed by atoms with Crippen molar-refractivity contribution in [1.29, 1.82) is 0 Å². The number of carbonyl (C=O) groups excluding carboxylic acids is 1. The van der Waals surface area contributed by atoms with Gasteiger partial charge < -0.3 is 9.84 Å². The van der Waals surface area contributed by atoms with Gasteiger partial charge in [-0.15, -0.1) is 0 Å². The third kappa shape index (κ3) is 4.65. The van der Waals surface area contributed by atoms with Gasteiger partial charge in [-0.2, -0.15) is 10.1 Å². The van der Waals surface area contributed by atoms with Crippen LogP contribution in [-0.4, -0.2) is 37.5 Å². The van der Waals surface area contributed by atoms with E-state index in [1.165, 1.54) is 0 Å². The normalized spacial score (nSPS) is 10.9. The molecule has 26 heavy (non-hydrogen) atoms. The molecule has 2 amide bonds. The standard InChI is InChI=1S/C17H21N7O2/c1-12(2)16-22-15(26-23-16)6-8-19-17(25)21-14-5-9-20-24(14)11-13-4-3-7-18-10-13/h3-5,7,9-10,12H,6,8,11H2,1-2H3,(H2,19,21,25). The van der Waals surface area contributed by atoms with Crippen LogP contribution in [0, 0.1) is 0 Å². The van der Waals surface area contributed by atoms with Crippen molar-refractivity contribution in [3.63, 3.8) is 0 Å². The van der Waals surface area contributed by atoms with E-state index in [4.69, 9.17) is 4.52 Å². The quantitative estimate of drug-likeness (QED) is 0.672. The minimum atomic E-state index is -0.318. The molecule has 3 aromatic rings. The fourth-order valence-corrected chi connectivity index (χ4v) is 2.28. The third-order valence-corrected chi connectivity index (χ3v) is 3.64. The van der Waals surface area contributed by atoms with Gasteiger partial charge in [0.05, 0.1) is 12.7 Å². The van der Waals surface area contributed by atoms with Crippen LogP contribution in [0.15, 0.2) is 41.3 Å². The summed E-state index contributed by atoms with van der Waals surface area (Å²) in [4.78, 5) is 20.4. The lowest BCUT2D eigenvalue weighted by Crippen LogP contribution is -2.31. The molecule has 0 aliphatic carbocycles. The van der Waals surface area contributed by atoms with Crippen molar-refractivity contribution in [3.05, 3.63) is 54.1 Å². The summed E-state index contributed by atoms with van der Waals surface area (Å²) in [6, 6.07) is 5.24. The summed E-state index contributed by atoms with van der Waals surface area (Å²) in [6.07, 6.45) is 5.59. The molecular formula is C17H21N7O2. The van der Waals surface area contributed by atoms with E-state index in [1.807, 2.05) is 26.0 Å². The van der Waals surface area contributed by atoms with Crippen molar-refractivity contribution in [1.82, 2.24) is 30.2 Å². The van der Waals surface area contributed by atoms with Crippen molar-refractivity contribution in [2.75, 3.05) is 11.9 Å². The highest BCUT2D eigenvalue weighted by Gasteiger charge is 2.11. The third-order valence-electron chi connectivity index (χ3n) is 3.64. The average molecular weight is 355 g/mol. The summed E-state index contributed by atoms with van der Waals surface area (Å²) in [5.74, 6) is 1.99. The molecule has 0 bridgehead atoms. The van der Waals surface area contributed by atoms with Gasteiger partial charge in [-0.25, -0.2) is 9.48 Å². The number of hydrogen-bond acceptors (Lipinski definition) is 6. The minimum absolute atomic E-state index is 0.212. The second-order valence-electron chi connectivity index (χ2n) is 6.07. The summed E-state index contributed by atoms with van der Waals surface area (Å²) < 4.78 is 6.84. The number of nitrogens with one attached hydrogen (secondary N) is 2. The monoisotopic (exact) mass is 355 g/mol. The van der Waals surface area contributed by atoms with Gasteiger partial charge in [-0.05, 0) is 11.6 Å². The van der Waals surface area contributed by atoms with Crippen LogP contribution < -0.4 is 10.6 Å². The van der Waals surface area contributed by atoms with Gasteiger partial charge in [-0.1, -0.05) is 25.1 Å². The first-order valence-electron chi connectivity index (χ1n) is 8.40. The van der Waals surface area contributed by atoms with Crippen LogP contribution in [0.25, 0.3) is 0 Å². The van der Waals surface area contributed by atoms with E-state index in [2.05, 4.69) is 30.9 Å². The first-order valence-corrected chi connectivity index (χ1v) is 8.40. The van der Waals surface area contributed by atoms with Gasteiger partial charge in [0.25, 0.3) is 0 Å². The molecule has 0 radical (unpaired) electrons. The molecular weight excluding hydrogens is 334 g/mol. The van der Waals surface area contributed by atoms with Gasteiger partial charge in [-0.3, -0.25) is 10.3 Å². The molecule has 9 nitrogen and oxygen atoms in total. The summed E-state index contributed by atoms with van der Waals surface area (Å²) in [5.41, 5.74) is 0.997. The highest BCUT2D eigenvalue weighted by molar-refractivity contribution is 5.88. The zero-order chi connectivity index (χ0) is 18.4.